The van der Waals surface area contributed by atoms with E-state index in [4.69, 9.17) is 18.9 Å². The maximum absolute atomic E-state index is 12.4. The van der Waals surface area contributed by atoms with Crippen LogP contribution in [0, 0.1) is 0 Å². The molecule has 2 aliphatic heterocycles. The third-order valence-corrected chi connectivity index (χ3v) is 6.15. The molecule has 9 nitrogen and oxygen atoms in total. The molecular weight excluding hydrogens is 438 g/mol. The average Bonchev–Trinajstić information content (AvgIpc) is 3.27. The Morgan fingerprint density at radius 2 is 2.00 bits per heavy atom. The third-order valence-electron chi connectivity index (χ3n) is 6.15. The van der Waals surface area contributed by atoms with Crippen LogP contribution >= 0.6 is 0 Å². The molecule has 1 amide bonds. The SMILES string of the molecule is COc1ccc2nccc(CCCC[C@H](O)C3CN(c4ccc5c(c4)OCCO5)C(=O)O3)c2n1. The number of benzene rings is 1. The number of carbonyl (C=O) groups is 1. The number of hydrogen-bond acceptors (Lipinski definition) is 8. The maximum atomic E-state index is 12.4. The molecule has 2 atom stereocenters. The van der Waals surface area contributed by atoms with Gasteiger partial charge in [-0.1, -0.05) is 6.42 Å². The van der Waals surface area contributed by atoms with Crippen LogP contribution in [0.4, 0.5) is 10.5 Å². The number of aliphatic hydroxyl groups excluding tert-OH is 1. The van der Waals surface area contributed by atoms with Gasteiger partial charge in [-0.2, -0.15) is 0 Å². The highest BCUT2D eigenvalue weighted by atomic mass is 16.6. The first-order valence-corrected chi connectivity index (χ1v) is 11.5. The molecule has 178 valence electrons. The number of hydrogen-bond donors (Lipinski definition) is 1. The number of pyridine rings is 2. The zero-order valence-electron chi connectivity index (χ0n) is 19.0. The second-order valence-electron chi connectivity index (χ2n) is 8.37. The van der Waals surface area contributed by atoms with Crippen molar-refractivity contribution in [3.8, 4) is 17.4 Å². The number of rotatable bonds is 8. The largest absolute Gasteiger partial charge is 0.486 e. The Balaban J connectivity index is 1.15. The van der Waals surface area contributed by atoms with E-state index in [1.165, 1.54) is 4.90 Å². The Hall–Kier alpha value is -3.59. The maximum Gasteiger partial charge on any atom is 0.414 e. The molecule has 3 aromatic rings. The summed E-state index contributed by atoms with van der Waals surface area (Å²) in [5, 5.41) is 10.7. The van der Waals surface area contributed by atoms with E-state index in [1.807, 2.05) is 12.1 Å². The van der Waals surface area contributed by atoms with Gasteiger partial charge in [0.2, 0.25) is 5.88 Å². The molecule has 1 N–H and O–H groups in total. The van der Waals surface area contributed by atoms with Crippen LogP contribution in [0.25, 0.3) is 11.0 Å². The molecule has 1 fully saturated rings. The number of aliphatic hydroxyl groups is 1. The van der Waals surface area contributed by atoms with Crippen LogP contribution in [-0.4, -0.2) is 60.2 Å². The second kappa shape index (κ2) is 9.72. The number of ether oxygens (including phenoxy) is 4. The fourth-order valence-corrected chi connectivity index (χ4v) is 4.33. The Kier molecular flexibility index (Phi) is 6.35. The van der Waals surface area contributed by atoms with E-state index in [2.05, 4.69) is 9.97 Å². The summed E-state index contributed by atoms with van der Waals surface area (Å²) in [4.78, 5) is 22.9. The van der Waals surface area contributed by atoms with Crippen LogP contribution in [0.5, 0.6) is 17.4 Å². The summed E-state index contributed by atoms with van der Waals surface area (Å²) >= 11 is 0. The zero-order valence-corrected chi connectivity index (χ0v) is 19.0. The minimum Gasteiger partial charge on any atom is -0.486 e. The van der Waals surface area contributed by atoms with Gasteiger partial charge in [0.1, 0.15) is 19.3 Å². The first-order valence-electron chi connectivity index (χ1n) is 11.5. The van der Waals surface area contributed by atoms with Crippen LogP contribution in [-0.2, 0) is 11.2 Å². The molecule has 0 radical (unpaired) electrons. The third kappa shape index (κ3) is 4.56. The number of aryl methyl sites for hydroxylation is 1. The minimum absolute atomic E-state index is 0.290. The van der Waals surface area contributed by atoms with Crippen molar-refractivity contribution in [3.63, 3.8) is 0 Å². The highest BCUT2D eigenvalue weighted by molar-refractivity contribution is 5.90. The molecule has 9 heteroatoms. The van der Waals surface area contributed by atoms with Crippen LogP contribution in [0.15, 0.2) is 42.6 Å². The number of anilines is 1. The number of carbonyl (C=O) groups excluding carboxylic acids is 1. The minimum atomic E-state index is -0.737. The van der Waals surface area contributed by atoms with Gasteiger partial charge in [-0.3, -0.25) is 9.88 Å². The quantitative estimate of drug-likeness (QED) is 0.504. The van der Waals surface area contributed by atoms with Gasteiger partial charge < -0.3 is 24.1 Å². The number of aromatic nitrogens is 2. The van der Waals surface area contributed by atoms with E-state index < -0.39 is 18.3 Å². The standard InChI is InChI=1S/C25H27N3O6/c1-31-23-9-7-18-24(27-23)16(10-11-26-18)4-2-3-5-19(29)22-15-28(25(30)34-22)17-6-8-20-21(14-17)33-13-12-32-20/h6-11,14,19,22,29H,2-5,12-13,15H2,1H3/t19-,22?/m0/s1. The molecular formula is C25H27N3O6. The van der Waals surface area contributed by atoms with E-state index in [1.54, 1.807) is 37.6 Å². The van der Waals surface area contributed by atoms with Crippen molar-refractivity contribution in [3.05, 3.63) is 48.2 Å². The summed E-state index contributed by atoms with van der Waals surface area (Å²) in [5.74, 6) is 1.83. The molecule has 2 aliphatic rings. The molecule has 0 saturated carbocycles. The van der Waals surface area contributed by atoms with Crippen molar-refractivity contribution >= 4 is 22.8 Å². The van der Waals surface area contributed by atoms with Crippen molar-refractivity contribution in [1.82, 2.24) is 9.97 Å². The summed E-state index contributed by atoms with van der Waals surface area (Å²) < 4.78 is 21.8. The average molecular weight is 466 g/mol. The van der Waals surface area contributed by atoms with E-state index in [9.17, 15) is 9.90 Å². The summed E-state index contributed by atoms with van der Waals surface area (Å²) in [6.45, 7) is 1.27. The number of amides is 1. The van der Waals surface area contributed by atoms with E-state index >= 15 is 0 Å². The van der Waals surface area contributed by atoms with Gasteiger partial charge in [0, 0.05) is 18.3 Å². The van der Waals surface area contributed by atoms with Crippen molar-refractivity contribution in [1.29, 1.82) is 0 Å². The number of nitrogens with zero attached hydrogens (tertiary/aromatic N) is 3. The Labute approximate surface area is 197 Å². The smallest absolute Gasteiger partial charge is 0.414 e. The van der Waals surface area contributed by atoms with Gasteiger partial charge in [0.15, 0.2) is 11.5 Å². The van der Waals surface area contributed by atoms with Gasteiger partial charge in [0.05, 0.1) is 36.5 Å². The Bertz CT molecular complexity index is 1190. The van der Waals surface area contributed by atoms with Gasteiger partial charge in [-0.25, -0.2) is 9.78 Å². The zero-order chi connectivity index (χ0) is 23.5. The predicted octanol–water partition coefficient (Wildman–Crippen LogP) is 3.51. The lowest BCUT2D eigenvalue weighted by Crippen LogP contribution is -2.31. The normalized spacial score (nSPS) is 18.1. The molecule has 0 spiro atoms. The molecule has 5 rings (SSSR count). The summed E-state index contributed by atoms with van der Waals surface area (Å²) in [6, 6.07) is 11.0. The first-order chi connectivity index (χ1) is 16.6. The van der Waals surface area contributed by atoms with Gasteiger partial charge in [-0.15, -0.1) is 0 Å². The van der Waals surface area contributed by atoms with Gasteiger partial charge >= 0.3 is 6.09 Å². The molecule has 0 bridgehead atoms. The fraction of sp³-hybridized carbons (Fsp3) is 0.400. The number of unbranched alkanes of at least 4 members (excludes halogenated alkanes) is 1. The Morgan fingerprint density at radius 3 is 2.85 bits per heavy atom. The van der Waals surface area contributed by atoms with Crippen molar-refractivity contribution < 1.29 is 28.8 Å². The first kappa shape index (κ1) is 22.2. The van der Waals surface area contributed by atoms with Crippen molar-refractivity contribution in [2.24, 2.45) is 0 Å². The second-order valence-corrected chi connectivity index (χ2v) is 8.37. The summed E-state index contributed by atoms with van der Waals surface area (Å²) in [6.07, 6.45) is 2.99. The Morgan fingerprint density at radius 1 is 1.15 bits per heavy atom. The molecule has 1 aromatic carbocycles. The molecule has 1 unspecified atom stereocenters. The molecule has 1 saturated heterocycles. The fourth-order valence-electron chi connectivity index (χ4n) is 4.33. The molecule has 4 heterocycles. The van der Waals surface area contributed by atoms with Crippen LogP contribution in [0.1, 0.15) is 24.8 Å². The lowest BCUT2D eigenvalue weighted by atomic mass is 10.0. The van der Waals surface area contributed by atoms with Crippen LogP contribution in [0.3, 0.4) is 0 Å². The number of methoxy groups -OCH3 is 1. The van der Waals surface area contributed by atoms with E-state index in [0.29, 0.717) is 49.2 Å². The van der Waals surface area contributed by atoms with E-state index in [0.717, 1.165) is 35.9 Å². The van der Waals surface area contributed by atoms with Gasteiger partial charge in [0.25, 0.3) is 0 Å². The van der Waals surface area contributed by atoms with Crippen molar-refractivity contribution in [2.45, 2.75) is 37.9 Å². The van der Waals surface area contributed by atoms with Crippen LogP contribution in [0.2, 0.25) is 0 Å². The molecule has 2 aromatic heterocycles. The highest BCUT2D eigenvalue weighted by Gasteiger charge is 2.37. The highest BCUT2D eigenvalue weighted by Crippen LogP contribution is 2.35. The molecule has 34 heavy (non-hydrogen) atoms. The van der Waals surface area contributed by atoms with Crippen LogP contribution < -0.4 is 19.1 Å². The summed E-state index contributed by atoms with van der Waals surface area (Å²) in [5.41, 5.74) is 3.42. The predicted molar refractivity (Wildman–Crippen MR) is 125 cm³/mol. The topological polar surface area (TPSA) is 103 Å². The monoisotopic (exact) mass is 465 g/mol. The number of cyclic esters (lactones) is 1. The lowest BCUT2D eigenvalue weighted by molar-refractivity contribution is 0.0267. The molecule has 0 aliphatic carbocycles. The summed E-state index contributed by atoms with van der Waals surface area (Å²) in [7, 11) is 1.59. The van der Waals surface area contributed by atoms with E-state index in [-0.39, 0.29) is 0 Å². The lowest BCUT2D eigenvalue weighted by Gasteiger charge is -2.21. The number of fused-ring (bicyclic) bond motifs is 2. The van der Waals surface area contributed by atoms with Crippen molar-refractivity contribution in [2.75, 3.05) is 31.8 Å². The van der Waals surface area contributed by atoms with Gasteiger partial charge in [-0.05, 0) is 49.1 Å².